The molecule has 39 heavy (non-hydrogen) atoms. The lowest BCUT2D eigenvalue weighted by molar-refractivity contribution is 0.194. The van der Waals surface area contributed by atoms with E-state index in [0.29, 0.717) is 61.1 Å². The number of anilines is 2. The van der Waals surface area contributed by atoms with Gasteiger partial charge in [0, 0.05) is 38.3 Å². The number of nitrogen functional groups attached to an aromatic ring is 1. The van der Waals surface area contributed by atoms with E-state index in [0.717, 1.165) is 22.6 Å². The van der Waals surface area contributed by atoms with E-state index in [-0.39, 0.29) is 12.0 Å². The Labute approximate surface area is 226 Å². The first-order chi connectivity index (χ1) is 19.0. The van der Waals surface area contributed by atoms with Crippen LogP contribution < -0.4 is 30.2 Å². The summed E-state index contributed by atoms with van der Waals surface area (Å²) >= 11 is 0. The summed E-state index contributed by atoms with van der Waals surface area (Å²) in [4.78, 5) is 30.5. The Balaban J connectivity index is 1.31. The summed E-state index contributed by atoms with van der Waals surface area (Å²) < 4.78 is 16.0. The smallest absolute Gasteiger partial charge is 0.317 e. The predicted octanol–water partition coefficient (Wildman–Crippen LogP) is 3.33. The van der Waals surface area contributed by atoms with E-state index >= 15 is 0 Å². The van der Waals surface area contributed by atoms with Gasteiger partial charge in [-0.05, 0) is 48.0 Å². The van der Waals surface area contributed by atoms with Gasteiger partial charge in [0.2, 0.25) is 5.95 Å². The van der Waals surface area contributed by atoms with Crippen LogP contribution in [0.1, 0.15) is 5.56 Å². The van der Waals surface area contributed by atoms with Crippen LogP contribution in [0, 0.1) is 0 Å². The first-order valence-electron chi connectivity index (χ1n) is 12.6. The van der Waals surface area contributed by atoms with E-state index in [2.05, 4.69) is 20.2 Å². The molecule has 0 radical (unpaired) electrons. The fourth-order valence-electron chi connectivity index (χ4n) is 4.55. The van der Waals surface area contributed by atoms with E-state index in [1.165, 1.54) is 0 Å². The maximum Gasteiger partial charge on any atom is 0.317 e. The van der Waals surface area contributed by atoms with Crippen molar-refractivity contribution in [3.8, 4) is 28.5 Å². The minimum atomic E-state index is -0.105. The van der Waals surface area contributed by atoms with Crippen molar-refractivity contribution >= 4 is 28.8 Å². The zero-order valence-electron chi connectivity index (χ0n) is 22.2. The van der Waals surface area contributed by atoms with E-state index in [1.807, 2.05) is 54.6 Å². The molecular formula is C28H31N7O4. The Bertz CT molecular complexity index is 1470. The third-order valence-corrected chi connectivity index (χ3v) is 6.69. The number of aromatic nitrogens is 3. The number of piperazine rings is 1. The molecule has 0 saturated carbocycles. The summed E-state index contributed by atoms with van der Waals surface area (Å²) in [6.45, 7) is 2.69. The molecule has 2 aromatic carbocycles. The Kier molecular flexibility index (Phi) is 7.48. The zero-order valence-corrected chi connectivity index (χ0v) is 22.2. The normalized spacial score (nSPS) is 13.3. The molecule has 2 amide bonds. The second kappa shape index (κ2) is 11.3. The summed E-state index contributed by atoms with van der Waals surface area (Å²) in [5.74, 6) is 2.87. The highest BCUT2D eigenvalue weighted by Gasteiger charge is 2.24. The molecule has 11 nitrogen and oxygen atoms in total. The zero-order chi connectivity index (χ0) is 27.4. The predicted molar refractivity (Wildman–Crippen MR) is 149 cm³/mol. The fourth-order valence-corrected chi connectivity index (χ4v) is 4.55. The second-order valence-corrected chi connectivity index (χ2v) is 9.02. The fraction of sp³-hybridized carbons (Fsp3) is 0.286. The summed E-state index contributed by atoms with van der Waals surface area (Å²) in [6.07, 6.45) is 0. The number of pyridine rings is 1. The van der Waals surface area contributed by atoms with Crippen molar-refractivity contribution in [1.82, 2.24) is 25.2 Å². The minimum absolute atomic E-state index is 0.105. The molecule has 202 valence electrons. The molecule has 3 heterocycles. The van der Waals surface area contributed by atoms with E-state index < -0.39 is 0 Å². The monoisotopic (exact) mass is 529 g/mol. The van der Waals surface area contributed by atoms with Gasteiger partial charge in [-0.2, -0.15) is 4.98 Å². The van der Waals surface area contributed by atoms with Crippen LogP contribution >= 0.6 is 0 Å². The van der Waals surface area contributed by atoms with Gasteiger partial charge in [-0.1, -0.05) is 12.1 Å². The lowest BCUT2D eigenvalue weighted by atomic mass is 10.1. The molecule has 0 atom stereocenters. The molecule has 4 aromatic rings. The number of methoxy groups -OCH3 is 3. The quantitative estimate of drug-likeness (QED) is 0.370. The number of rotatable bonds is 7. The molecule has 1 saturated heterocycles. The van der Waals surface area contributed by atoms with Gasteiger partial charge >= 0.3 is 6.03 Å². The Morgan fingerprint density at radius 2 is 1.62 bits per heavy atom. The standard InChI is InChI=1S/C28H31N7O4/c1-37-20-7-4-18(5-8-20)17-30-28(36)35-14-12-34(13-15-35)26-25-22(32-27(29)33-26)10-9-21(31-25)19-6-11-23(38-2)24(16-19)39-3/h4-11,16H,12-15,17H2,1-3H3,(H,30,36)(H2,29,32,33). The number of nitrogens with two attached hydrogens (primary N) is 1. The molecule has 11 heteroatoms. The maximum absolute atomic E-state index is 12.8. The largest absolute Gasteiger partial charge is 0.497 e. The number of nitrogens with zero attached hydrogens (tertiary/aromatic N) is 5. The molecule has 0 aliphatic carbocycles. The van der Waals surface area contributed by atoms with Gasteiger partial charge in [-0.15, -0.1) is 0 Å². The number of benzene rings is 2. The highest BCUT2D eigenvalue weighted by atomic mass is 16.5. The number of carbonyl (C=O) groups excluding carboxylic acids is 1. The van der Waals surface area contributed by atoms with Crippen LogP contribution in [0.5, 0.6) is 17.2 Å². The number of fused-ring (bicyclic) bond motifs is 1. The highest BCUT2D eigenvalue weighted by molar-refractivity contribution is 5.89. The molecular weight excluding hydrogens is 498 g/mol. The minimum Gasteiger partial charge on any atom is -0.497 e. The van der Waals surface area contributed by atoms with Gasteiger partial charge in [0.25, 0.3) is 0 Å². The first-order valence-corrected chi connectivity index (χ1v) is 12.6. The molecule has 0 unspecified atom stereocenters. The van der Waals surface area contributed by atoms with Crippen molar-refractivity contribution in [2.45, 2.75) is 6.54 Å². The number of nitrogens with one attached hydrogen (secondary N) is 1. The van der Waals surface area contributed by atoms with E-state index in [1.54, 1.807) is 26.2 Å². The van der Waals surface area contributed by atoms with E-state index in [4.69, 9.17) is 24.9 Å². The lowest BCUT2D eigenvalue weighted by Crippen LogP contribution is -2.52. The van der Waals surface area contributed by atoms with Crippen LogP contribution in [-0.2, 0) is 6.54 Å². The summed E-state index contributed by atoms with van der Waals surface area (Å²) in [6, 6.07) is 17.0. The van der Waals surface area contributed by atoms with Gasteiger partial charge in [0.05, 0.1) is 32.5 Å². The van der Waals surface area contributed by atoms with Gasteiger partial charge in [0.15, 0.2) is 17.3 Å². The van der Waals surface area contributed by atoms with Crippen molar-refractivity contribution in [2.24, 2.45) is 0 Å². The number of ether oxygens (including phenoxy) is 3. The second-order valence-electron chi connectivity index (χ2n) is 9.02. The van der Waals surface area contributed by atoms with Crippen LogP contribution in [0.2, 0.25) is 0 Å². The molecule has 1 aliphatic heterocycles. The van der Waals surface area contributed by atoms with Crippen molar-refractivity contribution in [1.29, 1.82) is 0 Å². The van der Waals surface area contributed by atoms with Crippen LogP contribution in [0.15, 0.2) is 54.6 Å². The number of hydrogen-bond acceptors (Lipinski definition) is 9. The van der Waals surface area contributed by atoms with Gasteiger partial charge in [0.1, 0.15) is 11.3 Å². The number of amides is 2. The van der Waals surface area contributed by atoms with Crippen molar-refractivity contribution in [3.05, 3.63) is 60.2 Å². The molecule has 2 aromatic heterocycles. The summed E-state index contributed by atoms with van der Waals surface area (Å²) in [5, 5.41) is 2.99. The summed E-state index contributed by atoms with van der Waals surface area (Å²) in [7, 11) is 4.83. The Morgan fingerprint density at radius 1 is 0.872 bits per heavy atom. The molecule has 3 N–H and O–H groups in total. The van der Waals surface area contributed by atoms with Crippen LogP contribution in [0.25, 0.3) is 22.3 Å². The van der Waals surface area contributed by atoms with E-state index in [9.17, 15) is 4.79 Å². The van der Waals surface area contributed by atoms with Crippen LogP contribution in [-0.4, -0.2) is 73.4 Å². The van der Waals surface area contributed by atoms with Crippen molar-refractivity contribution < 1.29 is 19.0 Å². The van der Waals surface area contributed by atoms with Crippen LogP contribution in [0.4, 0.5) is 16.6 Å². The molecule has 5 rings (SSSR count). The van der Waals surface area contributed by atoms with Gasteiger partial charge in [-0.3, -0.25) is 0 Å². The van der Waals surface area contributed by atoms with Crippen molar-refractivity contribution in [3.63, 3.8) is 0 Å². The maximum atomic E-state index is 12.8. The van der Waals surface area contributed by atoms with Gasteiger partial charge < -0.3 is 35.1 Å². The molecule has 1 aliphatic rings. The number of urea groups is 1. The first kappa shape index (κ1) is 25.8. The lowest BCUT2D eigenvalue weighted by Gasteiger charge is -2.35. The van der Waals surface area contributed by atoms with Crippen LogP contribution in [0.3, 0.4) is 0 Å². The Hall–Kier alpha value is -4.80. The highest BCUT2D eigenvalue weighted by Crippen LogP contribution is 2.33. The van der Waals surface area contributed by atoms with Crippen molar-refractivity contribution in [2.75, 3.05) is 58.1 Å². The average Bonchev–Trinajstić information content (AvgIpc) is 2.99. The SMILES string of the molecule is COc1ccc(CNC(=O)N2CCN(c3nc(N)nc4ccc(-c5ccc(OC)c(OC)c5)nc34)CC2)cc1. The number of carbonyl (C=O) groups is 1. The Morgan fingerprint density at radius 3 is 2.31 bits per heavy atom. The summed E-state index contributed by atoms with van der Waals surface area (Å²) in [5.41, 5.74) is 9.97. The number of hydrogen-bond donors (Lipinski definition) is 2. The third kappa shape index (κ3) is 5.57. The molecule has 1 fully saturated rings. The topological polar surface area (TPSA) is 128 Å². The average molecular weight is 530 g/mol. The molecule has 0 spiro atoms. The molecule has 0 bridgehead atoms. The third-order valence-electron chi connectivity index (χ3n) is 6.69. The van der Waals surface area contributed by atoms with Gasteiger partial charge in [-0.25, -0.2) is 14.8 Å².